The monoisotopic (exact) mass is 158 g/mol. The first-order valence-corrected chi connectivity index (χ1v) is 4.29. The number of rotatable bonds is 2. The largest absolute Gasteiger partial charge is 0.343 e. The molecule has 50 valence electrons. The molecule has 0 aromatic carbocycles. The van der Waals surface area contributed by atoms with Gasteiger partial charge >= 0.3 is 7.60 Å². The lowest BCUT2D eigenvalue weighted by Gasteiger charge is -2.06. The molecule has 0 aromatic heterocycles. The molecular weight excluding hydrogens is 150 g/mol. The van der Waals surface area contributed by atoms with Gasteiger partial charge in [0.2, 0.25) is 0 Å². The molecule has 0 aliphatic carbocycles. The van der Waals surface area contributed by atoms with Gasteiger partial charge in [-0.1, -0.05) is 6.92 Å². The van der Waals surface area contributed by atoms with E-state index in [0.29, 0.717) is 6.42 Å². The smallest absolute Gasteiger partial charge is 0.323 e. The van der Waals surface area contributed by atoms with Crippen LogP contribution in [-0.2, 0) is 4.57 Å². The van der Waals surface area contributed by atoms with Crippen LogP contribution in [-0.4, -0.2) is 14.9 Å². The standard InChI is InChI=1S/C3H8ClO3P/c1-2-3(4)8(5,6)7/h3H,2H2,1H3,(H2,5,6,7). The van der Waals surface area contributed by atoms with Gasteiger partial charge in [0.25, 0.3) is 0 Å². The van der Waals surface area contributed by atoms with Crippen molar-refractivity contribution in [2.45, 2.75) is 18.5 Å². The molecular formula is C3H8ClO3P. The predicted molar refractivity (Wildman–Crippen MR) is 32.0 cm³/mol. The molecule has 0 bridgehead atoms. The zero-order valence-corrected chi connectivity index (χ0v) is 6.06. The van der Waals surface area contributed by atoms with Crippen LogP contribution in [0.4, 0.5) is 0 Å². The number of hydrogen-bond acceptors (Lipinski definition) is 1. The lowest BCUT2D eigenvalue weighted by Crippen LogP contribution is -1.95. The first-order valence-electron chi connectivity index (χ1n) is 2.17. The van der Waals surface area contributed by atoms with E-state index in [4.69, 9.17) is 21.4 Å². The summed E-state index contributed by atoms with van der Waals surface area (Å²) in [5, 5.41) is -1.01. The van der Waals surface area contributed by atoms with Crippen LogP contribution in [0.1, 0.15) is 13.3 Å². The summed E-state index contributed by atoms with van der Waals surface area (Å²) in [5.74, 6) is 0. The van der Waals surface area contributed by atoms with Crippen molar-refractivity contribution < 1.29 is 14.4 Å². The van der Waals surface area contributed by atoms with Crippen molar-refractivity contribution in [1.82, 2.24) is 0 Å². The van der Waals surface area contributed by atoms with Gasteiger partial charge in [0.05, 0.1) is 0 Å². The second-order valence-electron chi connectivity index (χ2n) is 1.43. The van der Waals surface area contributed by atoms with Crippen LogP contribution in [0.15, 0.2) is 0 Å². The summed E-state index contributed by atoms with van der Waals surface area (Å²) < 4.78 is 10.1. The predicted octanol–water partition coefficient (Wildman–Crippen LogP) is 1.14. The third-order valence-corrected chi connectivity index (χ3v) is 2.87. The van der Waals surface area contributed by atoms with Crippen LogP contribution in [0.3, 0.4) is 0 Å². The van der Waals surface area contributed by atoms with Crippen molar-refractivity contribution in [3.63, 3.8) is 0 Å². The van der Waals surface area contributed by atoms with Gasteiger partial charge in [-0.2, -0.15) is 0 Å². The highest BCUT2D eigenvalue weighted by Crippen LogP contribution is 2.44. The average Bonchev–Trinajstić information content (AvgIpc) is 1.62. The van der Waals surface area contributed by atoms with E-state index in [0.717, 1.165) is 0 Å². The van der Waals surface area contributed by atoms with E-state index in [9.17, 15) is 4.57 Å². The zero-order chi connectivity index (χ0) is 6.78. The Kier molecular flexibility index (Phi) is 2.99. The highest BCUT2D eigenvalue weighted by Gasteiger charge is 2.23. The Morgan fingerprint density at radius 1 is 1.75 bits per heavy atom. The normalized spacial score (nSPS) is 16.0. The molecule has 2 N–H and O–H groups in total. The molecule has 3 nitrogen and oxygen atoms in total. The molecule has 0 amide bonds. The van der Waals surface area contributed by atoms with Gasteiger partial charge in [-0.25, -0.2) is 0 Å². The van der Waals surface area contributed by atoms with Crippen molar-refractivity contribution in [2.24, 2.45) is 0 Å². The Hall–Kier alpha value is 0.440. The molecule has 0 radical (unpaired) electrons. The molecule has 1 atom stereocenters. The van der Waals surface area contributed by atoms with Gasteiger partial charge in [-0.3, -0.25) is 4.57 Å². The molecule has 0 rings (SSSR count). The van der Waals surface area contributed by atoms with Gasteiger partial charge in [-0.15, -0.1) is 11.6 Å². The Balaban J connectivity index is 3.82. The van der Waals surface area contributed by atoms with Crippen LogP contribution in [0.2, 0.25) is 0 Å². The van der Waals surface area contributed by atoms with Gasteiger partial charge in [0.15, 0.2) is 0 Å². The van der Waals surface area contributed by atoms with Crippen molar-refractivity contribution in [2.75, 3.05) is 0 Å². The molecule has 5 heteroatoms. The van der Waals surface area contributed by atoms with Gasteiger partial charge in [0.1, 0.15) is 5.12 Å². The molecule has 0 aromatic rings. The van der Waals surface area contributed by atoms with E-state index < -0.39 is 12.7 Å². The third-order valence-electron chi connectivity index (χ3n) is 0.702. The molecule has 0 aliphatic rings. The van der Waals surface area contributed by atoms with E-state index in [1.807, 2.05) is 0 Å². The lowest BCUT2D eigenvalue weighted by molar-refractivity contribution is 0.368. The Labute approximate surface area is 52.8 Å². The van der Waals surface area contributed by atoms with E-state index in [1.54, 1.807) is 6.92 Å². The summed E-state index contributed by atoms with van der Waals surface area (Å²) >= 11 is 5.18. The SMILES string of the molecule is CCC(Cl)P(=O)(O)O. The second-order valence-corrected chi connectivity index (χ2v) is 4.06. The summed E-state index contributed by atoms with van der Waals surface area (Å²) in [6.07, 6.45) is 0.297. The van der Waals surface area contributed by atoms with Gasteiger partial charge < -0.3 is 9.79 Å². The minimum Gasteiger partial charge on any atom is -0.323 e. The molecule has 0 saturated carbocycles. The molecule has 0 saturated heterocycles. The van der Waals surface area contributed by atoms with Gasteiger partial charge in [-0.05, 0) is 6.42 Å². The second kappa shape index (κ2) is 2.83. The van der Waals surface area contributed by atoms with Crippen molar-refractivity contribution in [3.8, 4) is 0 Å². The highest BCUT2D eigenvalue weighted by atomic mass is 35.5. The maximum atomic E-state index is 10.1. The molecule has 1 unspecified atom stereocenters. The molecule has 0 heterocycles. The van der Waals surface area contributed by atoms with E-state index in [-0.39, 0.29) is 0 Å². The Bertz CT molecular complexity index is 109. The van der Waals surface area contributed by atoms with E-state index in [2.05, 4.69) is 0 Å². The lowest BCUT2D eigenvalue weighted by atomic mass is 10.6. The Morgan fingerprint density at radius 2 is 2.12 bits per heavy atom. The quantitative estimate of drug-likeness (QED) is 0.468. The average molecular weight is 159 g/mol. The van der Waals surface area contributed by atoms with Crippen LogP contribution in [0.5, 0.6) is 0 Å². The topological polar surface area (TPSA) is 57.5 Å². The summed E-state index contributed by atoms with van der Waals surface area (Å²) in [6, 6.07) is 0. The third kappa shape index (κ3) is 2.68. The van der Waals surface area contributed by atoms with Crippen molar-refractivity contribution in [1.29, 1.82) is 0 Å². The van der Waals surface area contributed by atoms with Crippen LogP contribution < -0.4 is 0 Å². The summed E-state index contributed by atoms with van der Waals surface area (Å²) in [6.45, 7) is 1.62. The summed E-state index contributed by atoms with van der Waals surface area (Å²) in [7, 11) is -3.99. The number of hydrogen-bond donors (Lipinski definition) is 2. The molecule has 0 fully saturated rings. The highest BCUT2D eigenvalue weighted by molar-refractivity contribution is 7.54. The molecule has 8 heavy (non-hydrogen) atoms. The zero-order valence-electron chi connectivity index (χ0n) is 4.41. The van der Waals surface area contributed by atoms with E-state index >= 15 is 0 Å². The minimum atomic E-state index is -3.99. The summed E-state index contributed by atoms with van der Waals surface area (Å²) in [5.41, 5.74) is 0. The van der Waals surface area contributed by atoms with Crippen LogP contribution >= 0.6 is 19.2 Å². The molecule has 0 aliphatic heterocycles. The fraction of sp³-hybridized carbons (Fsp3) is 1.00. The maximum absolute atomic E-state index is 10.1. The maximum Gasteiger partial charge on any atom is 0.343 e. The number of alkyl halides is 1. The van der Waals surface area contributed by atoms with Crippen LogP contribution in [0, 0.1) is 0 Å². The van der Waals surface area contributed by atoms with Crippen LogP contribution in [0.25, 0.3) is 0 Å². The van der Waals surface area contributed by atoms with E-state index in [1.165, 1.54) is 0 Å². The molecule has 0 spiro atoms. The van der Waals surface area contributed by atoms with Crippen molar-refractivity contribution >= 4 is 19.2 Å². The fourth-order valence-corrected chi connectivity index (χ4v) is 0.714. The minimum absolute atomic E-state index is 0.297. The fourth-order valence-electron chi connectivity index (χ4n) is 0.238. The number of halogens is 1. The van der Waals surface area contributed by atoms with Crippen molar-refractivity contribution in [3.05, 3.63) is 0 Å². The first kappa shape index (κ1) is 8.44. The first-order chi connectivity index (χ1) is 3.48. The summed E-state index contributed by atoms with van der Waals surface area (Å²) in [4.78, 5) is 16.5. The Morgan fingerprint density at radius 3 is 2.12 bits per heavy atom. The van der Waals surface area contributed by atoms with Gasteiger partial charge in [0, 0.05) is 0 Å².